The van der Waals surface area contributed by atoms with Crippen LogP contribution in [0.2, 0.25) is 0 Å². The number of likely N-dealkylation sites (N-methyl/N-ethyl adjacent to an activating group) is 1. The van der Waals surface area contributed by atoms with Crippen molar-refractivity contribution in [3.63, 3.8) is 0 Å². The molecule has 0 aliphatic rings. The molecule has 0 amide bonds. The van der Waals surface area contributed by atoms with Crippen LogP contribution in [-0.2, 0) is 33.3 Å². The summed E-state index contributed by atoms with van der Waals surface area (Å²) < 4.78 is 22.8. The smallest absolute Gasteiger partial charge is 0.361 e. The van der Waals surface area contributed by atoms with Gasteiger partial charge in [0, 0.05) is 12.8 Å². The average molecular weight is 1020 g/mol. The Morgan fingerprint density at radius 3 is 1.14 bits per heavy atom. The van der Waals surface area contributed by atoms with Crippen molar-refractivity contribution in [2.24, 2.45) is 0 Å². The first kappa shape index (κ1) is 68.7. The van der Waals surface area contributed by atoms with Crippen LogP contribution in [0.5, 0.6) is 0 Å². The maximum Gasteiger partial charge on any atom is 0.361 e. The molecule has 2 unspecified atom stereocenters. The molecule has 0 aliphatic heterocycles. The van der Waals surface area contributed by atoms with Gasteiger partial charge in [-0.3, -0.25) is 9.59 Å². The van der Waals surface area contributed by atoms with Crippen LogP contribution < -0.4 is 0 Å². The van der Waals surface area contributed by atoms with Gasteiger partial charge >= 0.3 is 17.9 Å². The molecule has 0 saturated heterocycles. The van der Waals surface area contributed by atoms with E-state index >= 15 is 0 Å². The number of carboxylic acids is 1. The molecule has 0 radical (unpaired) electrons. The Labute approximate surface area is 447 Å². The summed E-state index contributed by atoms with van der Waals surface area (Å²) in [4.78, 5) is 37.4. The molecule has 0 bridgehead atoms. The van der Waals surface area contributed by atoms with Gasteiger partial charge < -0.3 is 28.5 Å². The first-order valence-electron chi connectivity index (χ1n) is 28.7. The molecular weight excluding hydrogens is 911 g/mol. The largest absolute Gasteiger partial charge is 0.477 e. The van der Waals surface area contributed by atoms with Crippen LogP contribution in [0.1, 0.15) is 206 Å². The molecule has 0 spiro atoms. The second kappa shape index (κ2) is 54.0. The molecule has 0 aromatic rings. The molecule has 414 valence electrons. The van der Waals surface area contributed by atoms with E-state index in [0.29, 0.717) is 23.9 Å². The number of quaternary nitrogens is 1. The summed E-state index contributed by atoms with van der Waals surface area (Å²) in [5, 5.41) is 9.69. The highest BCUT2D eigenvalue weighted by molar-refractivity contribution is 5.71. The van der Waals surface area contributed by atoms with Gasteiger partial charge in [-0.1, -0.05) is 219 Å². The molecule has 0 rings (SSSR count). The number of esters is 2. The van der Waals surface area contributed by atoms with Crippen molar-refractivity contribution in [3.05, 3.63) is 122 Å². The van der Waals surface area contributed by atoms with E-state index in [0.717, 1.165) is 89.9 Å². The Kier molecular flexibility index (Phi) is 50.8. The Hall–Kier alpha value is -4.31. The van der Waals surface area contributed by atoms with E-state index in [1.165, 1.54) is 77.0 Å². The van der Waals surface area contributed by atoms with Gasteiger partial charge in [0.15, 0.2) is 6.10 Å². The zero-order valence-electron chi connectivity index (χ0n) is 47.0. The fraction of sp³-hybridized carbons (Fsp3) is 0.641. The van der Waals surface area contributed by atoms with E-state index in [1.54, 1.807) is 0 Å². The summed E-state index contributed by atoms with van der Waals surface area (Å²) in [6.07, 6.45) is 72.9. The quantitative estimate of drug-likeness (QED) is 0.0211. The number of allylic oxidation sites excluding steroid dienone is 20. The first-order chi connectivity index (χ1) is 35.6. The minimum absolute atomic E-state index is 0.173. The van der Waals surface area contributed by atoms with Crippen molar-refractivity contribution in [2.75, 3.05) is 47.5 Å². The third-order valence-corrected chi connectivity index (χ3v) is 11.7. The lowest BCUT2D eigenvalue weighted by molar-refractivity contribution is -0.870. The van der Waals surface area contributed by atoms with Crippen molar-refractivity contribution in [1.82, 2.24) is 0 Å². The summed E-state index contributed by atoms with van der Waals surface area (Å²) in [5.74, 6) is -2.09. The highest BCUT2D eigenvalue weighted by atomic mass is 16.7. The van der Waals surface area contributed by atoms with Crippen molar-refractivity contribution < 1.29 is 42.9 Å². The minimum atomic E-state index is -1.53. The van der Waals surface area contributed by atoms with E-state index in [4.69, 9.17) is 18.9 Å². The molecule has 0 fully saturated rings. The monoisotopic (exact) mass is 1020 g/mol. The molecule has 73 heavy (non-hydrogen) atoms. The van der Waals surface area contributed by atoms with Crippen molar-refractivity contribution in [3.8, 4) is 0 Å². The Balaban J connectivity index is 4.25. The molecule has 0 aliphatic carbocycles. The maximum absolute atomic E-state index is 12.9. The minimum Gasteiger partial charge on any atom is -0.477 e. The van der Waals surface area contributed by atoms with Crippen LogP contribution in [0, 0.1) is 0 Å². The number of hydrogen-bond donors (Lipinski definition) is 1. The normalized spacial score (nSPS) is 13.7. The van der Waals surface area contributed by atoms with Crippen LogP contribution >= 0.6 is 0 Å². The van der Waals surface area contributed by atoms with Gasteiger partial charge in [-0.25, -0.2) is 4.79 Å². The fourth-order valence-corrected chi connectivity index (χ4v) is 7.37. The second-order valence-electron chi connectivity index (χ2n) is 19.8. The van der Waals surface area contributed by atoms with Crippen molar-refractivity contribution >= 4 is 17.9 Å². The van der Waals surface area contributed by atoms with Crippen molar-refractivity contribution in [2.45, 2.75) is 219 Å². The van der Waals surface area contributed by atoms with Crippen molar-refractivity contribution in [1.29, 1.82) is 0 Å². The molecule has 1 N–H and O–H groups in total. The summed E-state index contributed by atoms with van der Waals surface area (Å²) in [5.41, 5.74) is 0. The van der Waals surface area contributed by atoms with Gasteiger partial charge in [0.1, 0.15) is 13.2 Å². The SMILES string of the molecule is CC/C=C\C/C=C\C/C=C\C/C=C\C/C=C\CCCCCCCCCCCCCCCCCC(=O)OC(COC(=O)CCC/C=C\C/C=C\C/C=C\C/C=C\C/C=C\CC)COC(OCC[N+](C)(C)C)C(=O)O. The van der Waals surface area contributed by atoms with Gasteiger partial charge in [0.25, 0.3) is 6.29 Å². The molecule has 9 heteroatoms. The van der Waals surface area contributed by atoms with E-state index < -0.39 is 30.3 Å². The Morgan fingerprint density at radius 2 is 0.753 bits per heavy atom. The van der Waals surface area contributed by atoms with Gasteiger partial charge in [0.2, 0.25) is 0 Å². The van der Waals surface area contributed by atoms with E-state index in [-0.39, 0.29) is 32.7 Å². The fourth-order valence-electron chi connectivity index (χ4n) is 7.37. The van der Waals surface area contributed by atoms with Gasteiger partial charge in [-0.05, 0) is 96.3 Å². The summed E-state index contributed by atoms with van der Waals surface area (Å²) in [7, 11) is 5.94. The first-order valence-corrected chi connectivity index (χ1v) is 28.7. The maximum atomic E-state index is 12.9. The lowest BCUT2D eigenvalue weighted by atomic mass is 10.0. The molecule has 0 heterocycles. The van der Waals surface area contributed by atoms with E-state index in [1.807, 2.05) is 21.1 Å². The second-order valence-corrected chi connectivity index (χ2v) is 19.8. The molecule has 2 atom stereocenters. The summed E-state index contributed by atoms with van der Waals surface area (Å²) >= 11 is 0. The molecule has 0 aromatic heterocycles. The Bertz CT molecular complexity index is 1610. The summed E-state index contributed by atoms with van der Waals surface area (Å²) in [6.45, 7) is 4.57. The van der Waals surface area contributed by atoms with E-state index in [9.17, 15) is 19.5 Å². The van der Waals surface area contributed by atoms with Crippen LogP contribution in [0.4, 0.5) is 0 Å². The van der Waals surface area contributed by atoms with Crippen LogP contribution in [0.25, 0.3) is 0 Å². The zero-order chi connectivity index (χ0) is 53.4. The topological polar surface area (TPSA) is 108 Å². The van der Waals surface area contributed by atoms with Crippen LogP contribution in [0.3, 0.4) is 0 Å². The lowest BCUT2D eigenvalue weighted by Gasteiger charge is -2.25. The van der Waals surface area contributed by atoms with Gasteiger partial charge in [0.05, 0.1) is 34.4 Å². The highest BCUT2D eigenvalue weighted by Crippen LogP contribution is 2.15. The average Bonchev–Trinajstić information content (AvgIpc) is 3.36. The zero-order valence-corrected chi connectivity index (χ0v) is 47.0. The predicted molar refractivity (Wildman–Crippen MR) is 308 cm³/mol. The third-order valence-electron chi connectivity index (χ3n) is 11.7. The third kappa shape index (κ3) is 55.3. The lowest BCUT2D eigenvalue weighted by Crippen LogP contribution is -2.40. The van der Waals surface area contributed by atoms with Gasteiger partial charge in [-0.2, -0.15) is 0 Å². The highest BCUT2D eigenvalue weighted by Gasteiger charge is 2.25. The number of hydrogen-bond acceptors (Lipinski definition) is 7. The molecular formula is C64H106NO8+. The number of carbonyl (C=O) groups excluding carboxylic acids is 2. The summed E-state index contributed by atoms with van der Waals surface area (Å²) in [6, 6.07) is 0. The Morgan fingerprint density at radius 1 is 0.411 bits per heavy atom. The molecule has 0 saturated carbocycles. The van der Waals surface area contributed by atoms with Gasteiger partial charge in [-0.15, -0.1) is 0 Å². The molecule has 9 nitrogen and oxygen atoms in total. The molecule has 0 aromatic carbocycles. The van der Waals surface area contributed by atoms with E-state index in [2.05, 4.69) is 135 Å². The number of ether oxygens (including phenoxy) is 4. The number of unbranched alkanes of at least 4 members (excludes halogenated alkanes) is 16. The standard InChI is InChI=1S/C64H105NO8/c1-6-8-10-12-14-16-18-20-22-24-25-26-27-28-29-30-31-32-33-34-35-36-37-39-41-43-45-47-49-51-53-55-62(67)73-60(59-72-64(63(68)69)70-57-56-65(3,4)5)58-71-61(66)54-52-50-48-46-44-42-40-38-23-21-19-17-15-13-11-9-7-2/h8-11,14-17,20-23,25-26,28-29,40,42,46,48,60,64H,6-7,12-13,18-19,24,27,30-39,41,43-45,47,49-59H2,1-5H3/p+1/b10-8-,11-9-,16-14-,17-15-,22-20-,23-21-,26-25-,29-28-,42-40-,48-46-. The number of rotatable bonds is 51. The van der Waals surface area contributed by atoms with Crippen LogP contribution in [0.15, 0.2) is 122 Å². The number of carbonyl (C=O) groups is 3. The number of nitrogens with zero attached hydrogens (tertiary/aromatic N) is 1. The predicted octanol–water partition coefficient (Wildman–Crippen LogP) is 16.9. The number of carboxylic acid groups (broad SMARTS) is 1. The van der Waals surface area contributed by atoms with Crippen LogP contribution in [-0.4, -0.2) is 87.4 Å². The number of aliphatic carboxylic acids is 1.